The number of hydrogen-bond acceptors (Lipinski definition) is 0. The minimum Gasteiger partial charge on any atom is -0.0675 e. The van der Waals surface area contributed by atoms with E-state index in [4.69, 9.17) is 0 Å². The Morgan fingerprint density at radius 1 is 0.295 bits per heavy atom. The van der Waals surface area contributed by atoms with Gasteiger partial charge in [-0.1, -0.05) is 213 Å². The first-order valence-corrected chi connectivity index (χ1v) is 29.4. The Balaban J connectivity index is 2.43. The van der Waals surface area contributed by atoms with Crippen molar-refractivity contribution in [2.75, 3.05) is 0 Å². The first kappa shape index (κ1) is 35.6. The van der Waals surface area contributed by atoms with Crippen LogP contribution in [0.2, 0.25) is 72.5 Å². The molecule has 0 spiro atoms. The average Bonchev–Trinajstić information content (AvgIpc) is 3.09. The fourth-order valence-electron chi connectivity index (χ4n) is 10.0. The molecule has 0 radical (unpaired) electrons. The van der Waals surface area contributed by atoms with Gasteiger partial charge >= 0.3 is 0 Å². The molecule has 0 N–H and O–H groups in total. The fraction of sp³-hybridized carbons (Fsp3) is 0.600. The van der Waals surface area contributed by atoms with Gasteiger partial charge in [0.15, 0.2) is 0 Å². The second-order valence-corrected chi connectivity index (χ2v) is 35.3. The molecule has 0 saturated heterocycles. The minimum absolute atomic E-state index is 1.36. The van der Waals surface area contributed by atoms with E-state index in [1.54, 1.807) is 32.3 Å². The van der Waals surface area contributed by atoms with Crippen LogP contribution in [0.5, 0.6) is 0 Å². The van der Waals surface area contributed by atoms with Crippen LogP contribution in [0.25, 0.3) is 32.3 Å². The maximum absolute atomic E-state index is 2.86. The van der Waals surface area contributed by atoms with E-state index in [0.29, 0.717) is 0 Å². The third-order valence-electron chi connectivity index (χ3n) is 14.3. The van der Waals surface area contributed by atoms with Gasteiger partial charge in [0.25, 0.3) is 0 Å². The molecule has 0 nitrogen and oxygen atoms in total. The predicted molar refractivity (Wildman–Crippen MR) is 217 cm³/mol. The highest BCUT2D eigenvalue weighted by Crippen LogP contribution is 2.39. The topological polar surface area (TPSA) is 0 Å². The monoisotopic (exact) mass is 658 g/mol. The van der Waals surface area contributed by atoms with Crippen LogP contribution in [0, 0.1) is 0 Å². The van der Waals surface area contributed by atoms with Gasteiger partial charge in [-0.05, 0) is 32.3 Å². The van der Waals surface area contributed by atoms with Crippen molar-refractivity contribution in [1.29, 1.82) is 0 Å². The molecule has 4 rings (SSSR count). The van der Waals surface area contributed by atoms with Crippen LogP contribution >= 0.6 is 0 Å². The summed E-state index contributed by atoms with van der Waals surface area (Å²) >= 11 is 0. The third kappa shape index (κ3) is 5.08. The lowest BCUT2D eigenvalue weighted by atomic mass is 9.94. The van der Waals surface area contributed by atoms with Gasteiger partial charge in [-0.15, -0.1) is 0 Å². The third-order valence-corrected chi connectivity index (χ3v) is 36.8. The predicted octanol–water partition coefficient (Wildman–Crippen LogP) is 11.4. The minimum atomic E-state index is -1.64. The molecule has 0 saturated carbocycles. The highest BCUT2D eigenvalue weighted by molar-refractivity contribution is 6.98. The first-order chi connectivity index (χ1) is 21.1. The summed E-state index contributed by atoms with van der Waals surface area (Å²) in [6.45, 7) is 30.2. The summed E-state index contributed by atoms with van der Waals surface area (Å²) in [6, 6.07) is 32.6. The molecule has 242 valence electrons. The van der Waals surface area contributed by atoms with Crippen LogP contribution in [0.15, 0.2) is 36.4 Å². The Hall–Kier alpha value is -1.21. The van der Waals surface area contributed by atoms with E-state index in [-0.39, 0.29) is 0 Å². The zero-order valence-electron chi connectivity index (χ0n) is 30.9. The van der Waals surface area contributed by atoms with E-state index in [2.05, 4.69) is 119 Å². The summed E-state index contributed by atoms with van der Waals surface area (Å²) in [5.41, 5.74) is 0. The summed E-state index contributed by atoms with van der Waals surface area (Å²) in [4.78, 5) is 0. The molecular formula is C40H66Si4. The molecule has 4 aromatic carbocycles. The number of hydrogen-bond donors (Lipinski definition) is 0. The maximum Gasteiger partial charge on any atom is 0.0867 e. The van der Waals surface area contributed by atoms with Crippen molar-refractivity contribution in [3.63, 3.8) is 0 Å². The van der Waals surface area contributed by atoms with E-state index in [9.17, 15) is 0 Å². The van der Waals surface area contributed by atoms with Gasteiger partial charge in [-0.3, -0.25) is 0 Å². The molecule has 0 aromatic heterocycles. The molecule has 0 unspecified atom stereocenters. The molecule has 0 aliphatic carbocycles. The lowest BCUT2D eigenvalue weighted by Gasteiger charge is -2.38. The lowest BCUT2D eigenvalue weighted by Crippen LogP contribution is -2.53. The standard InChI is InChI=1S/C40H66Si4/c1-13-41(14-2,15-3)35-29-36(42(16-4,17-5)18-6)32-27-28-34-38(44(22-10,23-11)24-12)30-37(43(19-7,20-8)21-9)33-26-25-31(35)39(32)40(33)34/h25-30H,13-24H2,1-12H3. The van der Waals surface area contributed by atoms with Crippen molar-refractivity contribution in [2.24, 2.45) is 0 Å². The zero-order chi connectivity index (χ0) is 32.5. The quantitative estimate of drug-likeness (QED) is 0.0830. The van der Waals surface area contributed by atoms with Gasteiger partial charge < -0.3 is 0 Å². The van der Waals surface area contributed by atoms with Crippen LogP contribution in [0.4, 0.5) is 0 Å². The SMILES string of the molecule is CC[Si](CC)(CC)c1cc([Si](CC)(CC)CC)c2ccc3c([Si](CC)(CC)CC)cc([Si](CC)(CC)CC)c4ccc1c2c43. The molecule has 0 atom stereocenters. The Labute approximate surface area is 276 Å². The lowest BCUT2D eigenvalue weighted by molar-refractivity contribution is 1.19. The molecule has 0 bridgehead atoms. The van der Waals surface area contributed by atoms with Crippen molar-refractivity contribution in [2.45, 2.75) is 156 Å². The van der Waals surface area contributed by atoms with E-state index in [1.807, 2.05) is 20.7 Å². The van der Waals surface area contributed by atoms with Crippen molar-refractivity contribution in [1.82, 2.24) is 0 Å². The maximum atomic E-state index is 2.86. The van der Waals surface area contributed by atoms with E-state index >= 15 is 0 Å². The highest BCUT2D eigenvalue weighted by Gasteiger charge is 2.40. The average molecular weight is 659 g/mol. The van der Waals surface area contributed by atoms with E-state index in [0.717, 1.165) is 0 Å². The largest absolute Gasteiger partial charge is 0.0867 e. The van der Waals surface area contributed by atoms with Crippen molar-refractivity contribution in [3.05, 3.63) is 36.4 Å². The van der Waals surface area contributed by atoms with Gasteiger partial charge in [0.2, 0.25) is 0 Å². The van der Waals surface area contributed by atoms with Gasteiger partial charge in [0, 0.05) is 0 Å². The summed E-state index contributed by atoms with van der Waals surface area (Å²) in [5.74, 6) is 0. The van der Waals surface area contributed by atoms with E-state index < -0.39 is 32.3 Å². The molecular weight excluding hydrogens is 593 g/mol. The van der Waals surface area contributed by atoms with Crippen LogP contribution in [-0.2, 0) is 0 Å². The summed E-state index contributed by atoms with van der Waals surface area (Å²) in [6.07, 6.45) is 0. The summed E-state index contributed by atoms with van der Waals surface area (Å²) in [7, 11) is -6.54. The second-order valence-electron chi connectivity index (χ2n) is 14.4. The number of rotatable bonds is 16. The summed E-state index contributed by atoms with van der Waals surface area (Å²) < 4.78 is 0. The molecule has 4 aromatic rings. The van der Waals surface area contributed by atoms with E-state index in [1.165, 1.54) is 72.5 Å². The van der Waals surface area contributed by atoms with Gasteiger partial charge in [-0.2, -0.15) is 0 Å². The second kappa shape index (κ2) is 13.9. The molecule has 0 fully saturated rings. The van der Waals surface area contributed by atoms with Gasteiger partial charge in [-0.25, -0.2) is 0 Å². The molecule has 4 heteroatoms. The Kier molecular flexibility index (Phi) is 11.2. The molecule has 0 aliphatic rings. The van der Waals surface area contributed by atoms with Crippen LogP contribution in [0.3, 0.4) is 0 Å². The molecule has 0 heterocycles. The smallest absolute Gasteiger partial charge is 0.0675 e. The van der Waals surface area contributed by atoms with Gasteiger partial charge in [0.05, 0.1) is 32.3 Å². The van der Waals surface area contributed by atoms with Crippen LogP contribution < -0.4 is 20.7 Å². The molecule has 0 aliphatic heterocycles. The first-order valence-electron chi connectivity index (χ1n) is 19.0. The Morgan fingerprint density at radius 3 is 0.591 bits per heavy atom. The number of benzene rings is 4. The highest BCUT2D eigenvalue weighted by atomic mass is 28.3. The van der Waals surface area contributed by atoms with Crippen LogP contribution in [-0.4, -0.2) is 32.3 Å². The summed E-state index contributed by atoms with van der Waals surface area (Å²) in [5, 5.41) is 17.2. The van der Waals surface area contributed by atoms with Crippen molar-refractivity contribution >= 4 is 85.4 Å². The molecule has 0 amide bonds. The normalized spacial score (nSPS) is 13.6. The Bertz CT molecular complexity index is 1290. The molecule has 44 heavy (non-hydrogen) atoms. The van der Waals surface area contributed by atoms with Crippen molar-refractivity contribution < 1.29 is 0 Å². The van der Waals surface area contributed by atoms with Gasteiger partial charge in [0.1, 0.15) is 0 Å². The fourth-order valence-corrected chi connectivity index (χ4v) is 25.8. The Morgan fingerprint density at radius 2 is 0.455 bits per heavy atom. The van der Waals surface area contributed by atoms with Crippen LogP contribution in [0.1, 0.15) is 83.1 Å². The van der Waals surface area contributed by atoms with Crippen molar-refractivity contribution in [3.8, 4) is 0 Å². The zero-order valence-corrected chi connectivity index (χ0v) is 34.9.